The number of rotatable bonds is 4. The van der Waals surface area contributed by atoms with Crippen molar-refractivity contribution >= 4 is 23.6 Å². The van der Waals surface area contributed by atoms with Gasteiger partial charge in [-0.2, -0.15) is 0 Å². The molecule has 4 rings (SSSR count). The molecule has 0 bridgehead atoms. The van der Waals surface area contributed by atoms with E-state index in [1.54, 1.807) is 4.90 Å². The number of halogens is 1. The van der Waals surface area contributed by atoms with E-state index in [1.807, 2.05) is 16.7 Å². The lowest BCUT2D eigenvalue weighted by atomic mass is 9.79. The molecule has 4 fully saturated rings. The Kier molecular flexibility index (Phi) is 4.27. The Bertz CT molecular complexity index is 528. The minimum absolute atomic E-state index is 0.0249. The SMILES string of the molecule is O=C(COC1CSC2(C1)CN(C(=O)C1(F)CCC1)C2)N1CCCC1. The quantitative estimate of drug-likeness (QED) is 0.768. The van der Waals surface area contributed by atoms with Crippen molar-refractivity contribution in [2.24, 2.45) is 0 Å². The van der Waals surface area contributed by atoms with Gasteiger partial charge in [0.05, 0.1) is 10.9 Å². The predicted octanol–water partition coefficient (Wildman–Crippen LogP) is 1.60. The maximum atomic E-state index is 14.2. The summed E-state index contributed by atoms with van der Waals surface area (Å²) in [6.07, 6.45) is 4.69. The number of carbonyl (C=O) groups is 2. The molecule has 3 aliphatic heterocycles. The molecular formula is C17H25FN2O3S. The average molecular weight is 356 g/mol. The van der Waals surface area contributed by atoms with Crippen LogP contribution in [0, 0.1) is 0 Å². The Morgan fingerprint density at radius 1 is 1.12 bits per heavy atom. The van der Waals surface area contributed by atoms with E-state index in [2.05, 4.69) is 0 Å². The minimum Gasteiger partial charge on any atom is -0.367 e. The predicted molar refractivity (Wildman–Crippen MR) is 89.6 cm³/mol. The second-order valence-corrected chi connectivity index (χ2v) is 9.19. The highest BCUT2D eigenvalue weighted by Crippen LogP contribution is 2.48. The Balaban J connectivity index is 1.21. The summed E-state index contributed by atoms with van der Waals surface area (Å²) in [7, 11) is 0. The van der Waals surface area contributed by atoms with Crippen molar-refractivity contribution in [3.63, 3.8) is 0 Å². The standard InChI is InChI=1S/C17H25FN2O3S/c18-17(4-3-5-17)15(22)20-11-16(12-20)8-13(10-24-16)23-9-14(21)19-6-1-2-7-19/h13H,1-12H2. The summed E-state index contributed by atoms with van der Waals surface area (Å²) < 4.78 is 20.1. The smallest absolute Gasteiger partial charge is 0.260 e. The van der Waals surface area contributed by atoms with Crippen LogP contribution in [0.1, 0.15) is 38.5 Å². The molecule has 0 aromatic heterocycles. The van der Waals surface area contributed by atoms with Crippen molar-refractivity contribution in [3.05, 3.63) is 0 Å². The van der Waals surface area contributed by atoms with Crippen LogP contribution < -0.4 is 0 Å². The number of nitrogens with zero attached hydrogens (tertiary/aromatic N) is 2. The summed E-state index contributed by atoms with van der Waals surface area (Å²) in [6.45, 7) is 3.13. The third-order valence-corrected chi connectivity index (χ3v) is 7.43. The number of carbonyl (C=O) groups excluding carboxylic acids is 2. The number of thioether (sulfide) groups is 1. The Morgan fingerprint density at radius 2 is 1.83 bits per heavy atom. The van der Waals surface area contributed by atoms with Crippen molar-refractivity contribution in [3.8, 4) is 0 Å². The van der Waals surface area contributed by atoms with Crippen molar-refractivity contribution in [1.82, 2.24) is 9.80 Å². The topological polar surface area (TPSA) is 49.9 Å². The molecule has 2 amide bonds. The molecule has 5 nitrogen and oxygen atoms in total. The molecule has 3 saturated heterocycles. The van der Waals surface area contributed by atoms with Gasteiger partial charge in [0, 0.05) is 31.9 Å². The minimum atomic E-state index is -1.58. The van der Waals surface area contributed by atoms with E-state index in [0.717, 1.165) is 44.5 Å². The third kappa shape index (κ3) is 2.94. The maximum absolute atomic E-state index is 14.2. The average Bonchev–Trinajstić information content (AvgIpc) is 3.17. The van der Waals surface area contributed by atoms with Crippen LogP contribution in [0.25, 0.3) is 0 Å². The molecule has 1 spiro atoms. The van der Waals surface area contributed by atoms with Gasteiger partial charge in [-0.25, -0.2) is 4.39 Å². The van der Waals surface area contributed by atoms with Gasteiger partial charge in [0.15, 0.2) is 5.67 Å². The van der Waals surface area contributed by atoms with E-state index in [0.29, 0.717) is 25.9 Å². The fourth-order valence-electron chi connectivity index (χ4n) is 4.15. The second-order valence-electron chi connectivity index (χ2n) is 7.70. The highest BCUT2D eigenvalue weighted by molar-refractivity contribution is 8.01. The van der Waals surface area contributed by atoms with Gasteiger partial charge < -0.3 is 14.5 Å². The fourth-order valence-corrected chi connectivity index (χ4v) is 5.71. The lowest BCUT2D eigenvalue weighted by Crippen LogP contribution is -2.65. The first kappa shape index (κ1) is 16.6. The first-order chi connectivity index (χ1) is 11.5. The van der Waals surface area contributed by atoms with Crippen LogP contribution in [-0.2, 0) is 14.3 Å². The third-order valence-electron chi connectivity index (χ3n) is 5.85. The first-order valence-corrected chi connectivity index (χ1v) is 10.00. The van der Waals surface area contributed by atoms with Crippen LogP contribution in [0.4, 0.5) is 4.39 Å². The fraction of sp³-hybridized carbons (Fsp3) is 0.882. The number of hydrogen-bond donors (Lipinski definition) is 0. The largest absolute Gasteiger partial charge is 0.367 e. The summed E-state index contributed by atoms with van der Waals surface area (Å²) in [5.74, 6) is 0.637. The molecule has 3 heterocycles. The van der Waals surface area contributed by atoms with Gasteiger partial charge in [-0.3, -0.25) is 9.59 Å². The van der Waals surface area contributed by atoms with Crippen LogP contribution in [0.3, 0.4) is 0 Å². The highest BCUT2D eigenvalue weighted by atomic mass is 32.2. The van der Waals surface area contributed by atoms with Gasteiger partial charge in [0.1, 0.15) is 6.61 Å². The molecule has 0 radical (unpaired) electrons. The summed E-state index contributed by atoms with van der Waals surface area (Å²) in [6, 6.07) is 0. The molecule has 1 atom stereocenters. The Labute approximate surface area is 146 Å². The van der Waals surface area contributed by atoms with Gasteiger partial charge in [-0.05, 0) is 38.5 Å². The zero-order valence-corrected chi connectivity index (χ0v) is 14.8. The van der Waals surface area contributed by atoms with Gasteiger partial charge in [-0.1, -0.05) is 0 Å². The number of hydrogen-bond acceptors (Lipinski definition) is 4. The van der Waals surface area contributed by atoms with E-state index < -0.39 is 5.67 Å². The molecule has 1 saturated carbocycles. The Hall–Kier alpha value is -0.820. The summed E-state index contributed by atoms with van der Waals surface area (Å²) in [4.78, 5) is 27.8. The van der Waals surface area contributed by atoms with Crippen molar-refractivity contribution < 1.29 is 18.7 Å². The monoisotopic (exact) mass is 356 g/mol. The molecule has 0 aromatic carbocycles. The zero-order chi connectivity index (χ0) is 16.8. The first-order valence-electron chi connectivity index (χ1n) is 9.01. The molecular weight excluding hydrogens is 331 g/mol. The number of amides is 2. The maximum Gasteiger partial charge on any atom is 0.260 e. The normalized spacial score (nSPS) is 30.3. The van der Waals surface area contributed by atoms with Crippen LogP contribution in [0.5, 0.6) is 0 Å². The lowest BCUT2D eigenvalue weighted by Gasteiger charge is -2.50. The van der Waals surface area contributed by atoms with Crippen LogP contribution >= 0.6 is 11.8 Å². The number of ether oxygens (including phenoxy) is 1. The highest BCUT2D eigenvalue weighted by Gasteiger charge is 2.56. The van der Waals surface area contributed by atoms with E-state index in [4.69, 9.17) is 4.74 Å². The molecule has 24 heavy (non-hydrogen) atoms. The molecule has 7 heteroatoms. The number of likely N-dealkylation sites (tertiary alicyclic amines) is 2. The van der Waals surface area contributed by atoms with Gasteiger partial charge in [-0.15, -0.1) is 11.8 Å². The Morgan fingerprint density at radius 3 is 2.46 bits per heavy atom. The van der Waals surface area contributed by atoms with Gasteiger partial charge in [0.25, 0.3) is 5.91 Å². The molecule has 4 aliphatic rings. The summed E-state index contributed by atoms with van der Waals surface area (Å²) in [5, 5.41) is 0. The second kappa shape index (κ2) is 6.16. The number of alkyl halides is 1. The van der Waals surface area contributed by atoms with E-state index >= 15 is 0 Å². The van der Waals surface area contributed by atoms with Gasteiger partial charge in [0.2, 0.25) is 5.91 Å². The van der Waals surface area contributed by atoms with Gasteiger partial charge >= 0.3 is 0 Å². The molecule has 1 aliphatic carbocycles. The van der Waals surface area contributed by atoms with Crippen molar-refractivity contribution in [2.75, 3.05) is 38.5 Å². The zero-order valence-electron chi connectivity index (χ0n) is 14.0. The summed E-state index contributed by atoms with van der Waals surface area (Å²) in [5.41, 5.74) is -1.58. The van der Waals surface area contributed by atoms with Crippen molar-refractivity contribution in [1.29, 1.82) is 0 Å². The van der Waals surface area contributed by atoms with Crippen molar-refractivity contribution in [2.45, 2.75) is 55.0 Å². The molecule has 0 N–H and O–H groups in total. The van der Waals surface area contributed by atoms with Crippen LogP contribution in [0.2, 0.25) is 0 Å². The molecule has 0 aromatic rings. The van der Waals surface area contributed by atoms with Crippen LogP contribution in [0.15, 0.2) is 0 Å². The summed E-state index contributed by atoms with van der Waals surface area (Å²) >= 11 is 1.81. The van der Waals surface area contributed by atoms with E-state index in [-0.39, 0.29) is 29.3 Å². The molecule has 134 valence electrons. The molecule has 1 unspecified atom stereocenters. The van der Waals surface area contributed by atoms with E-state index in [1.165, 1.54) is 0 Å². The lowest BCUT2D eigenvalue weighted by molar-refractivity contribution is -0.155. The van der Waals surface area contributed by atoms with Crippen LogP contribution in [-0.4, -0.2) is 76.7 Å². The van der Waals surface area contributed by atoms with E-state index in [9.17, 15) is 14.0 Å².